The van der Waals surface area contributed by atoms with Crippen LogP contribution in [-0.2, 0) is 4.74 Å². The van der Waals surface area contributed by atoms with Crippen molar-refractivity contribution in [3.8, 4) is 17.2 Å². The van der Waals surface area contributed by atoms with Crippen LogP contribution in [-0.4, -0.2) is 78.0 Å². The number of benzene rings is 1. The Balaban J connectivity index is 1.65. The van der Waals surface area contributed by atoms with E-state index >= 15 is 0 Å². The van der Waals surface area contributed by atoms with Crippen molar-refractivity contribution in [2.75, 3.05) is 58.9 Å². The molecule has 3 heterocycles. The van der Waals surface area contributed by atoms with Crippen LogP contribution in [0.1, 0.15) is 5.82 Å². The first kappa shape index (κ1) is 21.1. The van der Waals surface area contributed by atoms with E-state index in [-0.39, 0.29) is 0 Å². The Kier molecular flexibility index (Phi) is 6.54. The first-order chi connectivity index (χ1) is 14.6. The molecule has 0 amide bonds. The normalized spacial score (nSPS) is 14.8. The largest absolute Gasteiger partial charge is 0.493 e. The van der Waals surface area contributed by atoms with E-state index in [0.717, 1.165) is 65.9 Å². The lowest BCUT2D eigenvalue weighted by Gasteiger charge is -2.26. The third kappa shape index (κ3) is 4.30. The molecule has 1 saturated heterocycles. The zero-order valence-corrected chi connectivity index (χ0v) is 19.5. The molecule has 0 saturated carbocycles. The number of imidazole rings is 1. The molecule has 0 spiro atoms. The second-order valence-corrected chi connectivity index (χ2v) is 7.89. The molecule has 0 atom stereocenters. The van der Waals surface area contributed by atoms with Gasteiger partial charge >= 0.3 is 0 Å². The number of morpholine rings is 1. The molecule has 0 unspecified atom stereocenters. The van der Waals surface area contributed by atoms with Crippen LogP contribution in [0.25, 0.3) is 16.9 Å². The Morgan fingerprint density at radius 3 is 2.60 bits per heavy atom. The quantitative estimate of drug-likeness (QED) is 0.373. The van der Waals surface area contributed by atoms with Gasteiger partial charge in [0, 0.05) is 54.8 Å². The minimum atomic E-state index is 0.655. The molecule has 1 N–H and O–H groups in total. The van der Waals surface area contributed by atoms with Gasteiger partial charge in [-0.25, -0.2) is 15.0 Å². The minimum Gasteiger partial charge on any atom is -0.493 e. The van der Waals surface area contributed by atoms with E-state index in [1.165, 1.54) is 0 Å². The Labute approximate surface area is 188 Å². The highest BCUT2D eigenvalue weighted by molar-refractivity contribution is 14.1. The van der Waals surface area contributed by atoms with Crippen LogP contribution in [0.15, 0.2) is 18.2 Å². The molecule has 3 aromatic rings. The summed E-state index contributed by atoms with van der Waals surface area (Å²) in [5.74, 6) is 2.77. The maximum Gasteiger partial charge on any atom is 0.178 e. The van der Waals surface area contributed by atoms with Crippen molar-refractivity contribution in [2.45, 2.75) is 6.92 Å². The molecular weight excluding hydrogens is 499 g/mol. The summed E-state index contributed by atoms with van der Waals surface area (Å²) in [6.07, 6.45) is 0. The molecule has 0 radical (unpaired) electrons. The fourth-order valence-electron chi connectivity index (χ4n) is 3.51. The maximum atomic E-state index is 5.47. The number of aromatic nitrogens is 4. The molecule has 160 valence electrons. The van der Waals surface area contributed by atoms with Gasteiger partial charge in [0.2, 0.25) is 0 Å². The molecule has 10 heteroatoms. The molecule has 30 heavy (non-hydrogen) atoms. The Morgan fingerprint density at radius 2 is 1.87 bits per heavy atom. The second-order valence-electron chi connectivity index (χ2n) is 6.93. The van der Waals surface area contributed by atoms with Gasteiger partial charge in [-0.1, -0.05) is 0 Å². The van der Waals surface area contributed by atoms with E-state index in [2.05, 4.69) is 42.8 Å². The van der Waals surface area contributed by atoms with Crippen LogP contribution in [0, 0.1) is 10.8 Å². The summed E-state index contributed by atoms with van der Waals surface area (Å²) in [6.45, 7) is 7.13. The van der Waals surface area contributed by atoms with Gasteiger partial charge in [-0.05, 0) is 19.1 Å². The molecular formula is C20H25IN6O3. The highest BCUT2D eigenvalue weighted by atomic mass is 127. The lowest BCUT2D eigenvalue weighted by molar-refractivity contribution is 0.0398. The van der Waals surface area contributed by atoms with E-state index < -0.39 is 0 Å². The molecule has 0 bridgehead atoms. The SMILES string of the molecule is COc1ccc(-n2c(I)nc3c(NCCN4CCOCC4)nc(C)nc32)cc1OC. The first-order valence-corrected chi connectivity index (χ1v) is 10.9. The molecule has 2 aromatic heterocycles. The topological polar surface area (TPSA) is 86.6 Å². The van der Waals surface area contributed by atoms with Gasteiger partial charge in [0.05, 0.1) is 33.1 Å². The van der Waals surface area contributed by atoms with Crippen molar-refractivity contribution in [1.29, 1.82) is 0 Å². The smallest absolute Gasteiger partial charge is 0.178 e. The summed E-state index contributed by atoms with van der Waals surface area (Å²) >= 11 is 2.22. The van der Waals surface area contributed by atoms with E-state index in [1.54, 1.807) is 14.2 Å². The number of methoxy groups -OCH3 is 2. The van der Waals surface area contributed by atoms with Crippen molar-refractivity contribution in [1.82, 2.24) is 24.4 Å². The Bertz CT molecular complexity index is 1040. The first-order valence-electron chi connectivity index (χ1n) is 9.79. The van der Waals surface area contributed by atoms with Crippen LogP contribution in [0.3, 0.4) is 0 Å². The molecule has 4 rings (SSSR count). The van der Waals surface area contributed by atoms with Gasteiger partial charge in [-0.2, -0.15) is 0 Å². The Morgan fingerprint density at radius 1 is 1.10 bits per heavy atom. The molecule has 1 aliphatic rings. The van der Waals surface area contributed by atoms with Crippen LogP contribution in [0.2, 0.25) is 0 Å². The number of hydrogen-bond donors (Lipinski definition) is 1. The predicted molar refractivity (Wildman–Crippen MR) is 123 cm³/mol. The number of nitrogens with zero attached hydrogens (tertiary/aromatic N) is 5. The summed E-state index contributed by atoms with van der Waals surface area (Å²) in [5, 5.41) is 3.45. The zero-order chi connectivity index (χ0) is 21.1. The van der Waals surface area contributed by atoms with E-state index in [9.17, 15) is 0 Å². The molecule has 1 aliphatic heterocycles. The average molecular weight is 524 g/mol. The number of hydrogen-bond acceptors (Lipinski definition) is 8. The van der Waals surface area contributed by atoms with Gasteiger partial charge in [0.1, 0.15) is 5.82 Å². The van der Waals surface area contributed by atoms with E-state index in [4.69, 9.17) is 19.2 Å². The Hall–Kier alpha value is -2.18. The van der Waals surface area contributed by atoms with Crippen LogP contribution in [0.4, 0.5) is 5.82 Å². The van der Waals surface area contributed by atoms with Crippen molar-refractivity contribution in [3.63, 3.8) is 0 Å². The maximum absolute atomic E-state index is 5.47. The van der Waals surface area contributed by atoms with E-state index in [0.29, 0.717) is 17.3 Å². The lowest BCUT2D eigenvalue weighted by Crippen LogP contribution is -2.39. The number of anilines is 1. The second kappa shape index (κ2) is 9.31. The summed E-state index contributed by atoms with van der Waals surface area (Å²) < 4.78 is 19.0. The summed E-state index contributed by atoms with van der Waals surface area (Å²) in [5.41, 5.74) is 2.41. The van der Waals surface area contributed by atoms with Gasteiger partial charge in [-0.3, -0.25) is 9.47 Å². The van der Waals surface area contributed by atoms with Crippen molar-refractivity contribution < 1.29 is 14.2 Å². The molecule has 1 fully saturated rings. The van der Waals surface area contributed by atoms with Crippen molar-refractivity contribution >= 4 is 39.6 Å². The van der Waals surface area contributed by atoms with Crippen molar-refractivity contribution in [3.05, 3.63) is 27.9 Å². The summed E-state index contributed by atoms with van der Waals surface area (Å²) in [6, 6.07) is 5.77. The standard InChI is InChI=1S/C20H25IN6O3/c1-13-23-18(22-6-7-26-8-10-30-11-9-26)17-19(24-13)27(20(21)25-17)14-4-5-15(28-2)16(12-14)29-3/h4-5,12H,6-11H2,1-3H3,(H,22,23,24). The summed E-state index contributed by atoms with van der Waals surface area (Å²) in [4.78, 5) is 16.4. The van der Waals surface area contributed by atoms with Gasteiger partial charge in [0.15, 0.2) is 32.3 Å². The van der Waals surface area contributed by atoms with Gasteiger partial charge in [-0.15, -0.1) is 0 Å². The van der Waals surface area contributed by atoms with Gasteiger partial charge < -0.3 is 19.5 Å². The summed E-state index contributed by atoms with van der Waals surface area (Å²) in [7, 11) is 3.25. The minimum absolute atomic E-state index is 0.655. The number of fused-ring (bicyclic) bond motifs is 1. The fourth-order valence-corrected chi connectivity index (χ4v) is 4.26. The highest BCUT2D eigenvalue weighted by Gasteiger charge is 2.18. The number of nitrogens with one attached hydrogen (secondary N) is 1. The molecule has 1 aromatic carbocycles. The van der Waals surface area contributed by atoms with Crippen LogP contribution in [0.5, 0.6) is 11.5 Å². The van der Waals surface area contributed by atoms with Gasteiger partial charge in [0.25, 0.3) is 0 Å². The number of ether oxygens (including phenoxy) is 3. The van der Waals surface area contributed by atoms with Crippen LogP contribution < -0.4 is 14.8 Å². The average Bonchev–Trinajstić information content (AvgIpc) is 3.09. The number of rotatable bonds is 7. The third-order valence-electron chi connectivity index (χ3n) is 5.03. The fraction of sp³-hybridized carbons (Fsp3) is 0.450. The van der Waals surface area contributed by atoms with Crippen LogP contribution >= 0.6 is 22.6 Å². The van der Waals surface area contributed by atoms with E-state index in [1.807, 2.05) is 29.7 Å². The predicted octanol–water partition coefficient (Wildman–Crippen LogP) is 2.49. The molecule has 0 aliphatic carbocycles. The third-order valence-corrected chi connectivity index (χ3v) is 5.75. The monoisotopic (exact) mass is 524 g/mol. The zero-order valence-electron chi connectivity index (χ0n) is 17.3. The molecule has 9 nitrogen and oxygen atoms in total. The highest BCUT2D eigenvalue weighted by Crippen LogP contribution is 2.32. The number of aryl methyl sites for hydroxylation is 1. The lowest BCUT2D eigenvalue weighted by atomic mass is 10.2. The van der Waals surface area contributed by atoms with Crippen molar-refractivity contribution in [2.24, 2.45) is 0 Å². The number of halogens is 1.